The fraction of sp³-hybridized carbons (Fsp3) is 0.143. The fourth-order valence-corrected chi connectivity index (χ4v) is 1.55. The maximum absolute atomic E-state index is 8.87. The summed E-state index contributed by atoms with van der Waals surface area (Å²) in [7, 11) is 0. The highest BCUT2D eigenvalue weighted by molar-refractivity contribution is 9.08. The van der Waals surface area contributed by atoms with E-state index in [2.05, 4.69) is 15.9 Å². The van der Waals surface area contributed by atoms with E-state index in [-0.39, 0.29) is 5.56 Å². The minimum Gasteiger partial charge on any atom is -0.392 e. The predicted octanol–water partition coefficient (Wildman–Crippen LogP) is 5.07. The molecule has 0 fully saturated rings. The van der Waals surface area contributed by atoms with Gasteiger partial charge in [0.2, 0.25) is 0 Å². The number of halogens is 3. The Morgan fingerprint density at radius 1 is 0.889 bits per heavy atom. The summed E-state index contributed by atoms with van der Waals surface area (Å²) in [5.74, 6) is 0. The average molecular weight is 352 g/mol. The molecule has 0 radical (unpaired) electrons. The lowest BCUT2D eigenvalue weighted by atomic mass is 10.2. The highest BCUT2D eigenvalue weighted by atomic mass is 79.9. The minimum absolute atomic E-state index is 0.210. The Kier molecular flexibility index (Phi) is 4.87. The quantitative estimate of drug-likeness (QED) is 0.749. The fourth-order valence-electron chi connectivity index (χ4n) is 1.04. The van der Waals surface area contributed by atoms with Crippen molar-refractivity contribution in [1.82, 2.24) is 0 Å². The van der Waals surface area contributed by atoms with Crippen molar-refractivity contribution in [2.24, 2.45) is 0 Å². The smallest absolute Gasteiger partial charge is 0.0681 e. The monoisotopic (exact) mass is 350 g/mol. The van der Waals surface area contributed by atoms with Crippen LogP contribution >= 0.6 is 39.1 Å². The molecular weight excluding hydrogens is 335 g/mol. The molecular formula is C14H13BrCl2O. The molecule has 0 heterocycles. The number of hydrogen-bond donors (Lipinski definition) is 1. The lowest BCUT2D eigenvalue weighted by molar-refractivity contribution is 0.282. The number of hydrogen-bond acceptors (Lipinski definition) is 1. The molecule has 0 amide bonds. The molecule has 0 saturated heterocycles. The normalized spacial score (nSPS) is 14.4. The second-order valence-electron chi connectivity index (χ2n) is 3.22. The summed E-state index contributed by atoms with van der Waals surface area (Å²) in [5, 5.41) is 8.55. The van der Waals surface area contributed by atoms with Crippen LogP contribution in [0.2, 0.25) is 10.0 Å². The molecule has 96 valence electrons. The van der Waals surface area contributed by atoms with Crippen molar-refractivity contribution < 1.29 is 10.6 Å². The highest BCUT2D eigenvalue weighted by Gasteiger charge is 1.88. The Labute approximate surface area is 131 Å². The molecule has 0 unspecified atom stereocenters. The van der Waals surface area contributed by atoms with Gasteiger partial charge in [-0.25, -0.2) is 0 Å². The van der Waals surface area contributed by atoms with E-state index < -0.39 is 11.8 Å². The Bertz CT molecular complexity index is 537. The standard InChI is InChI=1S/C7H6BrCl.C7H7ClO/c8-5-6-1-3-7(9)4-2-6;8-7-3-1-6(5-9)2-4-7/h1-4H,5H2;1-4,9H,5H2/i2*5D2. The van der Waals surface area contributed by atoms with Gasteiger partial charge in [-0.2, -0.15) is 0 Å². The zero-order valence-corrected chi connectivity index (χ0v) is 12.3. The van der Waals surface area contributed by atoms with Gasteiger partial charge in [0.1, 0.15) is 0 Å². The second-order valence-corrected chi connectivity index (χ2v) is 4.49. The van der Waals surface area contributed by atoms with Gasteiger partial charge in [-0.05, 0) is 35.4 Å². The summed E-state index contributed by atoms with van der Waals surface area (Å²) < 4.78 is 28.4. The van der Waals surface area contributed by atoms with Crippen LogP contribution in [0.15, 0.2) is 48.5 Å². The molecule has 2 rings (SSSR count). The molecule has 1 nitrogen and oxygen atoms in total. The van der Waals surface area contributed by atoms with Gasteiger partial charge in [0, 0.05) is 18.1 Å². The summed E-state index contributed by atoms with van der Waals surface area (Å²) in [5.41, 5.74) is 0.781. The van der Waals surface area contributed by atoms with Crippen molar-refractivity contribution in [1.29, 1.82) is 0 Å². The first-order chi connectivity index (χ1) is 10.00. The van der Waals surface area contributed by atoms with Gasteiger partial charge in [0.25, 0.3) is 0 Å². The molecule has 18 heavy (non-hydrogen) atoms. The first kappa shape index (κ1) is 10.3. The summed E-state index contributed by atoms with van der Waals surface area (Å²) in [6, 6.07) is 12.6. The van der Waals surface area contributed by atoms with E-state index in [1.807, 2.05) is 0 Å². The molecule has 0 aromatic heterocycles. The summed E-state index contributed by atoms with van der Waals surface area (Å²) in [4.78, 5) is 0. The van der Waals surface area contributed by atoms with E-state index in [0.717, 1.165) is 0 Å². The molecule has 0 bridgehead atoms. The molecule has 0 aliphatic carbocycles. The van der Waals surface area contributed by atoms with Gasteiger partial charge >= 0.3 is 0 Å². The molecule has 2 aromatic carbocycles. The largest absolute Gasteiger partial charge is 0.392 e. The van der Waals surface area contributed by atoms with Crippen LogP contribution in [0.25, 0.3) is 0 Å². The lowest BCUT2D eigenvalue weighted by Crippen LogP contribution is -1.79. The van der Waals surface area contributed by atoms with E-state index in [1.54, 1.807) is 24.3 Å². The van der Waals surface area contributed by atoms with Crippen molar-refractivity contribution in [3.05, 3.63) is 69.7 Å². The maximum Gasteiger partial charge on any atom is 0.0681 e. The van der Waals surface area contributed by atoms with E-state index in [4.69, 9.17) is 33.8 Å². The Balaban J connectivity index is 0.000000220. The van der Waals surface area contributed by atoms with E-state index in [9.17, 15) is 0 Å². The van der Waals surface area contributed by atoms with Gasteiger partial charge in [-0.15, -0.1) is 0 Å². The van der Waals surface area contributed by atoms with Crippen molar-refractivity contribution in [3.63, 3.8) is 0 Å². The van der Waals surface area contributed by atoms with E-state index >= 15 is 0 Å². The van der Waals surface area contributed by atoms with Crippen LogP contribution in [0.5, 0.6) is 0 Å². The van der Waals surface area contributed by atoms with Crippen LogP contribution in [0, 0.1) is 0 Å². The predicted molar refractivity (Wildman–Crippen MR) is 81.5 cm³/mol. The molecule has 4 heteroatoms. The molecule has 1 N–H and O–H groups in total. The van der Waals surface area contributed by atoms with Gasteiger partial charge < -0.3 is 5.11 Å². The van der Waals surface area contributed by atoms with Crippen LogP contribution in [0.3, 0.4) is 0 Å². The van der Waals surface area contributed by atoms with E-state index in [0.29, 0.717) is 15.6 Å². The summed E-state index contributed by atoms with van der Waals surface area (Å²) in [6.45, 7) is -2.27. The van der Waals surface area contributed by atoms with E-state index in [1.165, 1.54) is 24.3 Å². The Hall–Kier alpha value is -0.540. The topological polar surface area (TPSA) is 20.2 Å². The highest BCUT2D eigenvalue weighted by Crippen LogP contribution is 2.11. The molecule has 0 saturated carbocycles. The average Bonchev–Trinajstić information content (AvgIpc) is 2.38. The second kappa shape index (κ2) is 8.54. The van der Waals surface area contributed by atoms with Gasteiger partial charge in [-0.3, -0.25) is 0 Å². The van der Waals surface area contributed by atoms with Gasteiger partial charge in [0.05, 0.1) is 9.30 Å². The molecule has 0 spiro atoms. The van der Waals surface area contributed by atoms with Crippen LogP contribution in [-0.4, -0.2) is 5.11 Å². The minimum atomic E-state index is -2.27. The van der Waals surface area contributed by atoms with Crippen LogP contribution in [0.1, 0.15) is 16.6 Å². The third kappa shape index (κ3) is 5.87. The van der Waals surface area contributed by atoms with Crippen molar-refractivity contribution >= 4 is 39.1 Å². The first-order valence-electron chi connectivity index (χ1n) is 6.93. The van der Waals surface area contributed by atoms with Crippen LogP contribution < -0.4 is 0 Å². The van der Waals surface area contributed by atoms with Crippen LogP contribution in [-0.2, 0) is 11.8 Å². The zero-order valence-electron chi connectivity index (χ0n) is 13.2. The van der Waals surface area contributed by atoms with Crippen molar-refractivity contribution in [3.8, 4) is 0 Å². The summed E-state index contributed by atoms with van der Waals surface area (Å²) in [6.07, 6.45) is 0. The number of alkyl halides is 1. The SMILES string of the molecule is [2H]C([2H])(Br)c1ccc(Cl)cc1.[2H]C([2H])(O)c1ccc(Cl)cc1. The first-order valence-corrected chi connectivity index (χ1v) is 6.48. The van der Waals surface area contributed by atoms with Crippen LogP contribution in [0.4, 0.5) is 0 Å². The Morgan fingerprint density at radius 2 is 1.28 bits per heavy atom. The number of benzene rings is 2. The Morgan fingerprint density at radius 3 is 1.61 bits per heavy atom. The molecule has 2 aromatic rings. The van der Waals surface area contributed by atoms with Crippen molar-refractivity contribution in [2.45, 2.75) is 11.8 Å². The molecule has 0 aliphatic rings. The van der Waals surface area contributed by atoms with Gasteiger partial charge in [-0.1, -0.05) is 63.4 Å². The van der Waals surface area contributed by atoms with Crippen molar-refractivity contribution in [2.75, 3.05) is 0 Å². The zero-order chi connectivity index (χ0) is 17.0. The molecule has 0 atom stereocenters. The lowest BCUT2D eigenvalue weighted by Gasteiger charge is -1.92. The number of aliphatic hydroxyl groups is 1. The third-order valence-electron chi connectivity index (χ3n) is 1.93. The number of rotatable bonds is 2. The summed E-state index contributed by atoms with van der Waals surface area (Å²) >= 11 is 14.1. The molecule has 0 aliphatic heterocycles. The maximum atomic E-state index is 8.87. The van der Waals surface area contributed by atoms with Gasteiger partial charge in [0.15, 0.2) is 0 Å². The third-order valence-corrected chi connectivity index (χ3v) is 2.89.